The molecule has 2 aromatic carbocycles. The fourth-order valence-corrected chi connectivity index (χ4v) is 3.28. The van der Waals surface area contributed by atoms with Crippen molar-refractivity contribution in [3.05, 3.63) is 86.9 Å². The monoisotopic (exact) mass is 405 g/mol. The molecule has 0 unspecified atom stereocenters. The number of hydrogen-bond acceptors (Lipinski definition) is 2. The van der Waals surface area contributed by atoms with Crippen LogP contribution >= 0.6 is 23.2 Å². The van der Waals surface area contributed by atoms with E-state index in [9.17, 15) is 9.18 Å². The van der Waals surface area contributed by atoms with E-state index in [-0.39, 0.29) is 16.9 Å². The van der Waals surface area contributed by atoms with Crippen molar-refractivity contribution in [3.8, 4) is 0 Å². The number of halogens is 3. The summed E-state index contributed by atoms with van der Waals surface area (Å²) < 4.78 is 14.5. The maximum atomic E-state index is 12.9. The van der Waals surface area contributed by atoms with E-state index in [0.29, 0.717) is 35.8 Å². The first-order chi connectivity index (χ1) is 13.0. The smallest absolute Gasteiger partial charge is 0.256 e. The van der Waals surface area contributed by atoms with Gasteiger partial charge in [-0.1, -0.05) is 53.5 Å². The molecule has 1 heterocycles. The predicted molar refractivity (Wildman–Crippen MR) is 105 cm³/mol. The van der Waals surface area contributed by atoms with Gasteiger partial charge in [-0.25, -0.2) is 9.07 Å². The number of rotatable bonds is 6. The van der Waals surface area contributed by atoms with Crippen LogP contribution in [0.4, 0.5) is 4.39 Å². The minimum atomic E-state index is -0.287. The second-order valence-corrected chi connectivity index (χ2v) is 6.90. The SMILES string of the molecule is Cc1nn(Cc2ccccc2Cl)c(Cl)c1C(=O)NCCc1ccc(F)cc1. The summed E-state index contributed by atoms with van der Waals surface area (Å²) in [4.78, 5) is 12.5. The zero-order valence-corrected chi connectivity index (χ0v) is 16.2. The predicted octanol–water partition coefficient (Wildman–Crippen LogP) is 4.66. The molecule has 3 rings (SSSR count). The molecule has 1 amide bonds. The van der Waals surface area contributed by atoms with E-state index in [4.69, 9.17) is 23.2 Å². The molecule has 0 radical (unpaired) electrons. The summed E-state index contributed by atoms with van der Waals surface area (Å²) in [5, 5.41) is 8.09. The van der Waals surface area contributed by atoms with Crippen molar-refractivity contribution in [2.75, 3.05) is 6.54 Å². The lowest BCUT2D eigenvalue weighted by atomic mass is 10.1. The van der Waals surface area contributed by atoms with E-state index in [1.54, 1.807) is 29.8 Å². The molecule has 3 aromatic rings. The fourth-order valence-electron chi connectivity index (χ4n) is 2.76. The summed E-state index contributed by atoms with van der Waals surface area (Å²) in [6.45, 7) is 2.53. The van der Waals surface area contributed by atoms with Crippen LogP contribution in [0.1, 0.15) is 27.2 Å². The van der Waals surface area contributed by atoms with Crippen molar-refractivity contribution < 1.29 is 9.18 Å². The summed E-state index contributed by atoms with van der Waals surface area (Å²) in [7, 11) is 0. The second-order valence-electron chi connectivity index (χ2n) is 6.13. The standard InChI is InChI=1S/C20H18Cl2FN3O/c1-13-18(20(27)24-11-10-14-6-8-16(23)9-7-14)19(22)26(25-13)12-15-4-2-3-5-17(15)21/h2-9H,10-12H2,1H3,(H,24,27). The first kappa shape index (κ1) is 19.4. The molecule has 1 aromatic heterocycles. The number of aryl methyl sites for hydroxylation is 1. The Bertz CT molecular complexity index is 954. The van der Waals surface area contributed by atoms with Crippen molar-refractivity contribution in [1.29, 1.82) is 0 Å². The maximum Gasteiger partial charge on any atom is 0.256 e. The summed E-state index contributed by atoms with van der Waals surface area (Å²) in [6, 6.07) is 13.6. The third kappa shape index (κ3) is 4.67. The number of hydrogen-bond donors (Lipinski definition) is 1. The van der Waals surface area contributed by atoms with E-state index in [2.05, 4.69) is 10.4 Å². The van der Waals surface area contributed by atoms with Gasteiger partial charge in [-0.2, -0.15) is 5.10 Å². The normalized spacial score (nSPS) is 10.8. The Morgan fingerprint density at radius 2 is 1.85 bits per heavy atom. The van der Waals surface area contributed by atoms with Gasteiger partial charge in [0, 0.05) is 11.6 Å². The highest BCUT2D eigenvalue weighted by atomic mass is 35.5. The summed E-state index contributed by atoms with van der Waals surface area (Å²) >= 11 is 12.6. The largest absolute Gasteiger partial charge is 0.352 e. The van der Waals surface area contributed by atoms with Gasteiger partial charge in [0.15, 0.2) is 0 Å². The van der Waals surface area contributed by atoms with Crippen molar-refractivity contribution in [1.82, 2.24) is 15.1 Å². The lowest BCUT2D eigenvalue weighted by molar-refractivity contribution is 0.0953. The highest BCUT2D eigenvalue weighted by Crippen LogP contribution is 2.23. The van der Waals surface area contributed by atoms with Crippen LogP contribution in [-0.2, 0) is 13.0 Å². The molecular formula is C20H18Cl2FN3O. The Labute approximate surface area is 166 Å². The van der Waals surface area contributed by atoms with Crippen LogP contribution in [0, 0.1) is 12.7 Å². The van der Waals surface area contributed by atoms with E-state index in [1.165, 1.54) is 12.1 Å². The maximum absolute atomic E-state index is 12.9. The molecule has 0 aliphatic rings. The Morgan fingerprint density at radius 1 is 1.15 bits per heavy atom. The minimum absolute atomic E-state index is 0.270. The quantitative estimate of drug-likeness (QED) is 0.648. The molecule has 0 saturated heterocycles. The number of carbonyl (C=O) groups excluding carboxylic acids is 1. The summed E-state index contributed by atoms with van der Waals surface area (Å²) in [5.41, 5.74) is 2.70. The molecule has 0 bridgehead atoms. The molecular weight excluding hydrogens is 388 g/mol. The van der Waals surface area contributed by atoms with Crippen molar-refractivity contribution >= 4 is 29.1 Å². The third-order valence-electron chi connectivity index (χ3n) is 4.18. The third-order valence-corrected chi connectivity index (χ3v) is 4.94. The van der Waals surface area contributed by atoms with Gasteiger partial charge in [-0.05, 0) is 42.7 Å². The number of aromatic nitrogens is 2. The highest BCUT2D eigenvalue weighted by molar-refractivity contribution is 6.33. The van der Waals surface area contributed by atoms with Gasteiger partial charge < -0.3 is 5.32 Å². The van der Waals surface area contributed by atoms with E-state index in [1.807, 2.05) is 18.2 Å². The average molecular weight is 406 g/mol. The molecule has 0 fully saturated rings. The number of nitrogens with zero attached hydrogens (tertiary/aromatic N) is 2. The molecule has 0 spiro atoms. The van der Waals surface area contributed by atoms with Crippen LogP contribution in [0.25, 0.3) is 0 Å². The first-order valence-corrected chi connectivity index (χ1v) is 9.20. The van der Waals surface area contributed by atoms with E-state index < -0.39 is 0 Å². The van der Waals surface area contributed by atoms with Crippen molar-refractivity contribution in [3.63, 3.8) is 0 Å². The van der Waals surface area contributed by atoms with Crippen molar-refractivity contribution in [2.45, 2.75) is 19.9 Å². The molecule has 0 aliphatic heterocycles. The fraction of sp³-hybridized carbons (Fsp3) is 0.200. The summed E-state index contributed by atoms with van der Waals surface area (Å²) in [6.07, 6.45) is 0.594. The summed E-state index contributed by atoms with van der Waals surface area (Å²) in [5.74, 6) is -0.568. The molecule has 0 saturated carbocycles. The van der Waals surface area contributed by atoms with E-state index >= 15 is 0 Å². The number of benzene rings is 2. The minimum Gasteiger partial charge on any atom is -0.352 e. The van der Waals surface area contributed by atoms with Crippen LogP contribution in [0.3, 0.4) is 0 Å². The van der Waals surface area contributed by atoms with Crippen LogP contribution in [-0.4, -0.2) is 22.2 Å². The van der Waals surface area contributed by atoms with Crippen LogP contribution in [0.5, 0.6) is 0 Å². The number of carbonyl (C=O) groups is 1. The Kier molecular flexibility index (Phi) is 6.14. The molecule has 140 valence electrons. The molecule has 0 atom stereocenters. The van der Waals surface area contributed by atoms with Gasteiger partial charge in [-0.3, -0.25) is 4.79 Å². The molecule has 1 N–H and O–H groups in total. The van der Waals surface area contributed by atoms with Gasteiger partial charge >= 0.3 is 0 Å². The van der Waals surface area contributed by atoms with Gasteiger partial charge in [0.2, 0.25) is 0 Å². The number of amides is 1. The molecule has 4 nitrogen and oxygen atoms in total. The molecule has 0 aliphatic carbocycles. The highest BCUT2D eigenvalue weighted by Gasteiger charge is 2.20. The molecule has 27 heavy (non-hydrogen) atoms. The topological polar surface area (TPSA) is 46.9 Å². The van der Waals surface area contributed by atoms with E-state index in [0.717, 1.165) is 11.1 Å². The number of nitrogens with one attached hydrogen (secondary N) is 1. The molecule has 7 heteroatoms. The lowest BCUT2D eigenvalue weighted by Gasteiger charge is -2.07. The van der Waals surface area contributed by atoms with Crippen LogP contribution in [0.15, 0.2) is 48.5 Å². The Morgan fingerprint density at radius 3 is 2.56 bits per heavy atom. The van der Waals surface area contributed by atoms with Gasteiger partial charge in [0.25, 0.3) is 5.91 Å². The van der Waals surface area contributed by atoms with Gasteiger partial charge in [-0.15, -0.1) is 0 Å². The van der Waals surface area contributed by atoms with Crippen LogP contribution in [0.2, 0.25) is 10.2 Å². The second kappa shape index (κ2) is 8.55. The zero-order valence-electron chi connectivity index (χ0n) is 14.7. The lowest BCUT2D eigenvalue weighted by Crippen LogP contribution is -2.26. The average Bonchev–Trinajstić information content (AvgIpc) is 2.92. The Balaban J connectivity index is 1.67. The first-order valence-electron chi connectivity index (χ1n) is 8.44. The van der Waals surface area contributed by atoms with Crippen molar-refractivity contribution in [2.24, 2.45) is 0 Å². The van der Waals surface area contributed by atoms with Gasteiger partial charge in [0.05, 0.1) is 17.8 Å². The zero-order chi connectivity index (χ0) is 19.4. The Hall–Kier alpha value is -2.37. The van der Waals surface area contributed by atoms with Gasteiger partial charge in [0.1, 0.15) is 11.0 Å². The van der Waals surface area contributed by atoms with Crippen LogP contribution < -0.4 is 5.32 Å².